The largest absolute Gasteiger partial charge is 0.459 e. The molecule has 0 amide bonds. The molecular formula is C11H19NO2. The van der Waals surface area contributed by atoms with E-state index in [-0.39, 0.29) is 12.0 Å². The lowest BCUT2D eigenvalue weighted by molar-refractivity contribution is -0.157. The summed E-state index contributed by atoms with van der Waals surface area (Å²) in [6, 6.07) is -0.155. The molecule has 0 aromatic rings. The number of hydrogen-bond donors (Lipinski definition) is 1. The van der Waals surface area contributed by atoms with Crippen LogP contribution in [-0.2, 0) is 9.53 Å². The molecule has 0 bridgehead atoms. The SMILES string of the molecule is C=CC1CNC(C(=O)OC(C)(C)C)C1. The van der Waals surface area contributed by atoms with E-state index in [0.29, 0.717) is 5.92 Å². The third-order valence-corrected chi connectivity index (χ3v) is 2.19. The van der Waals surface area contributed by atoms with Gasteiger partial charge in [0.05, 0.1) is 0 Å². The van der Waals surface area contributed by atoms with Crippen molar-refractivity contribution in [3.05, 3.63) is 12.7 Å². The molecule has 1 saturated heterocycles. The first kappa shape index (κ1) is 11.2. The molecule has 0 saturated carbocycles. The molecule has 14 heavy (non-hydrogen) atoms. The summed E-state index contributed by atoms with van der Waals surface area (Å²) in [5.74, 6) is 0.245. The normalized spacial score (nSPS) is 27.4. The number of esters is 1. The highest BCUT2D eigenvalue weighted by molar-refractivity contribution is 5.76. The Hall–Kier alpha value is -0.830. The molecule has 1 aliphatic heterocycles. The second-order valence-corrected chi connectivity index (χ2v) is 4.73. The van der Waals surface area contributed by atoms with Gasteiger partial charge in [-0.3, -0.25) is 4.79 Å². The Bertz CT molecular complexity index is 230. The van der Waals surface area contributed by atoms with Gasteiger partial charge in [-0.25, -0.2) is 0 Å². The summed E-state index contributed by atoms with van der Waals surface area (Å²) in [5.41, 5.74) is -0.398. The van der Waals surface area contributed by atoms with Gasteiger partial charge in [0.15, 0.2) is 0 Å². The van der Waals surface area contributed by atoms with Gasteiger partial charge in [-0.05, 0) is 33.1 Å². The van der Waals surface area contributed by atoms with Gasteiger partial charge in [0, 0.05) is 6.54 Å². The molecule has 0 aromatic heterocycles. The van der Waals surface area contributed by atoms with Crippen molar-refractivity contribution < 1.29 is 9.53 Å². The molecule has 1 fully saturated rings. The number of rotatable bonds is 2. The summed E-state index contributed by atoms with van der Waals surface area (Å²) in [4.78, 5) is 11.6. The molecule has 0 radical (unpaired) electrons. The third kappa shape index (κ3) is 3.14. The van der Waals surface area contributed by atoms with Crippen molar-refractivity contribution in [2.24, 2.45) is 5.92 Å². The average molecular weight is 197 g/mol. The van der Waals surface area contributed by atoms with Crippen molar-refractivity contribution in [3.8, 4) is 0 Å². The molecule has 2 unspecified atom stereocenters. The van der Waals surface area contributed by atoms with E-state index in [1.807, 2.05) is 26.8 Å². The highest BCUT2D eigenvalue weighted by Gasteiger charge is 2.31. The molecular weight excluding hydrogens is 178 g/mol. The Kier molecular flexibility index (Phi) is 3.32. The van der Waals surface area contributed by atoms with Crippen molar-refractivity contribution in [1.82, 2.24) is 5.32 Å². The standard InChI is InChI=1S/C11H19NO2/c1-5-8-6-9(12-7-8)10(13)14-11(2,3)4/h5,8-9,12H,1,6-7H2,2-4H3. The van der Waals surface area contributed by atoms with E-state index < -0.39 is 5.60 Å². The second kappa shape index (κ2) is 4.13. The highest BCUT2D eigenvalue weighted by atomic mass is 16.6. The van der Waals surface area contributed by atoms with Crippen LogP contribution in [-0.4, -0.2) is 24.2 Å². The van der Waals surface area contributed by atoms with E-state index in [0.717, 1.165) is 13.0 Å². The van der Waals surface area contributed by atoms with E-state index in [4.69, 9.17) is 4.74 Å². The van der Waals surface area contributed by atoms with E-state index >= 15 is 0 Å². The smallest absolute Gasteiger partial charge is 0.323 e. The molecule has 0 aromatic carbocycles. The predicted molar refractivity (Wildman–Crippen MR) is 55.9 cm³/mol. The van der Waals surface area contributed by atoms with Crippen molar-refractivity contribution >= 4 is 5.97 Å². The number of ether oxygens (including phenoxy) is 1. The van der Waals surface area contributed by atoms with Gasteiger partial charge in [-0.2, -0.15) is 0 Å². The zero-order chi connectivity index (χ0) is 10.8. The molecule has 1 heterocycles. The van der Waals surface area contributed by atoms with Gasteiger partial charge in [-0.15, -0.1) is 6.58 Å². The van der Waals surface area contributed by atoms with E-state index in [2.05, 4.69) is 11.9 Å². The fourth-order valence-electron chi connectivity index (χ4n) is 1.50. The maximum Gasteiger partial charge on any atom is 0.323 e. The monoisotopic (exact) mass is 197 g/mol. The van der Waals surface area contributed by atoms with Crippen molar-refractivity contribution in [2.45, 2.75) is 38.8 Å². The van der Waals surface area contributed by atoms with Gasteiger partial charge in [-0.1, -0.05) is 6.08 Å². The third-order valence-electron chi connectivity index (χ3n) is 2.19. The summed E-state index contributed by atoms with van der Waals surface area (Å²) in [5, 5.41) is 3.13. The quantitative estimate of drug-likeness (QED) is 0.538. The van der Waals surface area contributed by atoms with Crippen LogP contribution >= 0.6 is 0 Å². The highest BCUT2D eigenvalue weighted by Crippen LogP contribution is 2.18. The molecule has 2 atom stereocenters. The van der Waals surface area contributed by atoms with Crippen LogP contribution in [0.3, 0.4) is 0 Å². The second-order valence-electron chi connectivity index (χ2n) is 4.73. The van der Waals surface area contributed by atoms with Crippen LogP contribution in [0.4, 0.5) is 0 Å². The molecule has 80 valence electrons. The predicted octanol–water partition coefficient (Wildman–Crippen LogP) is 1.49. The van der Waals surface area contributed by atoms with E-state index in [1.54, 1.807) is 0 Å². The minimum absolute atomic E-state index is 0.151. The van der Waals surface area contributed by atoms with Crippen LogP contribution in [0.2, 0.25) is 0 Å². The number of carbonyl (C=O) groups is 1. The summed E-state index contributed by atoms with van der Waals surface area (Å²) in [6.07, 6.45) is 2.69. The summed E-state index contributed by atoms with van der Waals surface area (Å²) in [7, 11) is 0. The van der Waals surface area contributed by atoms with Gasteiger partial charge in [0.25, 0.3) is 0 Å². The summed E-state index contributed by atoms with van der Waals surface area (Å²) in [6.45, 7) is 10.2. The summed E-state index contributed by atoms with van der Waals surface area (Å²) < 4.78 is 5.28. The first-order valence-corrected chi connectivity index (χ1v) is 5.01. The molecule has 3 nitrogen and oxygen atoms in total. The maximum absolute atomic E-state index is 11.6. The average Bonchev–Trinajstić information content (AvgIpc) is 2.48. The number of nitrogens with one attached hydrogen (secondary N) is 1. The van der Waals surface area contributed by atoms with Gasteiger partial charge < -0.3 is 10.1 Å². The first-order chi connectivity index (χ1) is 6.42. The van der Waals surface area contributed by atoms with Crippen molar-refractivity contribution in [3.63, 3.8) is 0 Å². The molecule has 0 spiro atoms. The van der Waals surface area contributed by atoms with Crippen LogP contribution < -0.4 is 5.32 Å². The van der Waals surface area contributed by atoms with E-state index in [9.17, 15) is 4.79 Å². The Morgan fingerprint density at radius 2 is 2.21 bits per heavy atom. The fraction of sp³-hybridized carbons (Fsp3) is 0.727. The molecule has 1 aliphatic rings. The van der Waals surface area contributed by atoms with Gasteiger partial charge in [0.1, 0.15) is 11.6 Å². The van der Waals surface area contributed by atoms with Gasteiger partial charge >= 0.3 is 5.97 Å². The minimum Gasteiger partial charge on any atom is -0.459 e. The minimum atomic E-state index is -0.398. The first-order valence-electron chi connectivity index (χ1n) is 5.01. The van der Waals surface area contributed by atoms with Crippen LogP contribution in [0.5, 0.6) is 0 Å². The zero-order valence-corrected chi connectivity index (χ0v) is 9.17. The molecule has 0 aliphatic carbocycles. The van der Waals surface area contributed by atoms with Crippen LogP contribution in [0.1, 0.15) is 27.2 Å². The Morgan fingerprint density at radius 3 is 2.64 bits per heavy atom. The van der Waals surface area contributed by atoms with Crippen molar-refractivity contribution in [1.29, 1.82) is 0 Å². The van der Waals surface area contributed by atoms with Gasteiger partial charge in [0.2, 0.25) is 0 Å². The lowest BCUT2D eigenvalue weighted by atomic mass is 10.1. The Labute approximate surface area is 85.5 Å². The summed E-state index contributed by atoms with van der Waals surface area (Å²) >= 11 is 0. The lowest BCUT2D eigenvalue weighted by Gasteiger charge is -2.22. The topological polar surface area (TPSA) is 38.3 Å². The molecule has 1 rings (SSSR count). The zero-order valence-electron chi connectivity index (χ0n) is 9.17. The van der Waals surface area contributed by atoms with Crippen LogP contribution in [0, 0.1) is 5.92 Å². The van der Waals surface area contributed by atoms with E-state index in [1.165, 1.54) is 0 Å². The fourth-order valence-corrected chi connectivity index (χ4v) is 1.50. The molecule has 1 N–H and O–H groups in total. The van der Waals surface area contributed by atoms with Crippen LogP contribution in [0.25, 0.3) is 0 Å². The van der Waals surface area contributed by atoms with Crippen molar-refractivity contribution in [2.75, 3.05) is 6.54 Å². The Morgan fingerprint density at radius 1 is 1.57 bits per heavy atom. The number of carbonyl (C=O) groups excluding carboxylic acids is 1. The molecule has 3 heteroatoms. The number of hydrogen-bond acceptors (Lipinski definition) is 3. The maximum atomic E-state index is 11.6. The lowest BCUT2D eigenvalue weighted by Crippen LogP contribution is -2.37. The Balaban J connectivity index is 2.43. The van der Waals surface area contributed by atoms with Crippen LogP contribution in [0.15, 0.2) is 12.7 Å².